The van der Waals surface area contributed by atoms with E-state index in [0.29, 0.717) is 17.8 Å². The summed E-state index contributed by atoms with van der Waals surface area (Å²) >= 11 is 0. The second-order valence-corrected chi connectivity index (χ2v) is 7.08. The number of hydrogen-bond donors (Lipinski definition) is 3. The molecule has 0 aromatic heterocycles. The van der Waals surface area contributed by atoms with E-state index in [4.69, 9.17) is 4.74 Å². The lowest BCUT2D eigenvalue weighted by Crippen LogP contribution is -2.39. The van der Waals surface area contributed by atoms with Crippen molar-refractivity contribution < 1.29 is 19.1 Å². The van der Waals surface area contributed by atoms with E-state index < -0.39 is 18.0 Å². The number of hydrogen-bond acceptors (Lipinski definition) is 4. The normalized spacial score (nSPS) is 11.5. The van der Waals surface area contributed by atoms with Gasteiger partial charge in [-0.2, -0.15) is 0 Å². The number of urea groups is 1. The van der Waals surface area contributed by atoms with Gasteiger partial charge in [-0.1, -0.05) is 24.3 Å². The second-order valence-electron chi connectivity index (χ2n) is 7.08. The lowest BCUT2D eigenvalue weighted by atomic mass is 10.1. The monoisotopic (exact) mass is 397 g/mol. The molecule has 1 atom stereocenters. The number of amides is 3. The summed E-state index contributed by atoms with van der Waals surface area (Å²) in [5, 5.41) is 8.19. The number of esters is 1. The van der Waals surface area contributed by atoms with Gasteiger partial charge in [-0.25, -0.2) is 9.59 Å². The summed E-state index contributed by atoms with van der Waals surface area (Å²) in [6.45, 7) is 7.54. The third-order valence-electron chi connectivity index (χ3n) is 4.00. The Morgan fingerprint density at radius 1 is 1.00 bits per heavy atom. The molecule has 2 aromatic rings. The molecule has 7 nitrogen and oxygen atoms in total. The van der Waals surface area contributed by atoms with Gasteiger partial charge >= 0.3 is 12.0 Å². The number of benzene rings is 2. The fraction of sp³-hybridized carbons (Fsp3) is 0.318. The van der Waals surface area contributed by atoms with Gasteiger partial charge in [0.05, 0.1) is 5.56 Å². The highest BCUT2D eigenvalue weighted by molar-refractivity contribution is 5.97. The van der Waals surface area contributed by atoms with E-state index in [1.54, 1.807) is 30.3 Å². The Morgan fingerprint density at radius 3 is 2.31 bits per heavy atom. The Bertz CT molecular complexity index is 863. The van der Waals surface area contributed by atoms with Crippen LogP contribution in [0.4, 0.5) is 10.5 Å². The smallest absolute Gasteiger partial charge is 0.338 e. The molecule has 0 aliphatic rings. The predicted molar refractivity (Wildman–Crippen MR) is 112 cm³/mol. The Kier molecular flexibility index (Phi) is 7.77. The summed E-state index contributed by atoms with van der Waals surface area (Å²) in [6.07, 6.45) is -0.941. The SMILES string of the molecule is Cc1cccc(NC(=O)[C@@H](C)OC(=O)c2ccc(CNC(=O)NC(C)C)cc2)c1. The van der Waals surface area contributed by atoms with Gasteiger partial charge in [0.15, 0.2) is 6.10 Å². The highest BCUT2D eigenvalue weighted by atomic mass is 16.5. The van der Waals surface area contributed by atoms with Crippen LogP contribution in [0.2, 0.25) is 0 Å². The van der Waals surface area contributed by atoms with Crippen molar-refractivity contribution in [3.8, 4) is 0 Å². The third-order valence-corrected chi connectivity index (χ3v) is 4.00. The van der Waals surface area contributed by atoms with Crippen LogP contribution < -0.4 is 16.0 Å². The van der Waals surface area contributed by atoms with Crippen molar-refractivity contribution in [1.82, 2.24) is 10.6 Å². The summed E-state index contributed by atoms with van der Waals surface area (Å²) < 4.78 is 5.25. The molecule has 154 valence electrons. The van der Waals surface area contributed by atoms with Crippen LogP contribution in [0, 0.1) is 6.92 Å². The van der Waals surface area contributed by atoms with Crippen LogP contribution in [0.5, 0.6) is 0 Å². The summed E-state index contributed by atoms with van der Waals surface area (Å²) in [4.78, 5) is 36.1. The zero-order valence-corrected chi connectivity index (χ0v) is 17.1. The summed E-state index contributed by atoms with van der Waals surface area (Å²) in [6, 6.07) is 13.8. The first-order valence-corrected chi connectivity index (χ1v) is 9.46. The zero-order chi connectivity index (χ0) is 21.4. The van der Waals surface area contributed by atoms with Gasteiger partial charge in [-0.15, -0.1) is 0 Å². The van der Waals surface area contributed by atoms with Gasteiger partial charge in [0.1, 0.15) is 0 Å². The molecule has 0 radical (unpaired) electrons. The predicted octanol–water partition coefficient (Wildman–Crippen LogP) is 3.39. The number of carbonyl (C=O) groups excluding carboxylic acids is 3. The first-order valence-electron chi connectivity index (χ1n) is 9.46. The molecule has 0 fully saturated rings. The summed E-state index contributed by atoms with van der Waals surface area (Å²) in [7, 11) is 0. The molecule has 7 heteroatoms. The number of anilines is 1. The molecule has 0 bridgehead atoms. The largest absolute Gasteiger partial charge is 0.449 e. The number of nitrogens with one attached hydrogen (secondary N) is 3. The topological polar surface area (TPSA) is 96.5 Å². The number of aryl methyl sites for hydroxylation is 1. The maximum Gasteiger partial charge on any atom is 0.338 e. The van der Waals surface area contributed by atoms with E-state index in [2.05, 4.69) is 16.0 Å². The highest BCUT2D eigenvalue weighted by Crippen LogP contribution is 2.12. The van der Waals surface area contributed by atoms with Crippen LogP contribution in [0.3, 0.4) is 0 Å². The van der Waals surface area contributed by atoms with Crippen molar-refractivity contribution in [1.29, 1.82) is 0 Å². The number of ether oxygens (including phenoxy) is 1. The van der Waals surface area contributed by atoms with E-state index in [9.17, 15) is 14.4 Å². The van der Waals surface area contributed by atoms with Crippen molar-refractivity contribution in [2.24, 2.45) is 0 Å². The van der Waals surface area contributed by atoms with Crippen LogP contribution in [0.15, 0.2) is 48.5 Å². The number of rotatable bonds is 7. The quantitative estimate of drug-likeness (QED) is 0.624. The molecule has 0 saturated carbocycles. The number of carbonyl (C=O) groups is 3. The van der Waals surface area contributed by atoms with Crippen molar-refractivity contribution in [2.75, 3.05) is 5.32 Å². The molecule has 0 spiro atoms. The molecular formula is C22H27N3O4. The van der Waals surface area contributed by atoms with Gasteiger partial charge in [0, 0.05) is 18.3 Å². The fourth-order valence-corrected chi connectivity index (χ4v) is 2.50. The van der Waals surface area contributed by atoms with Crippen molar-refractivity contribution in [2.45, 2.75) is 46.4 Å². The molecule has 0 heterocycles. The average Bonchev–Trinajstić information content (AvgIpc) is 2.66. The first-order chi connectivity index (χ1) is 13.7. The Balaban J connectivity index is 1.86. The Labute approximate surface area is 170 Å². The average molecular weight is 397 g/mol. The van der Waals surface area contributed by atoms with Gasteiger partial charge < -0.3 is 20.7 Å². The lowest BCUT2D eigenvalue weighted by Gasteiger charge is -2.14. The maximum absolute atomic E-state index is 12.3. The van der Waals surface area contributed by atoms with Gasteiger partial charge in [0.25, 0.3) is 5.91 Å². The summed E-state index contributed by atoms with van der Waals surface area (Å²) in [5.41, 5.74) is 2.83. The molecule has 3 N–H and O–H groups in total. The molecule has 3 amide bonds. The molecule has 0 aliphatic heterocycles. The minimum absolute atomic E-state index is 0.0530. The van der Waals surface area contributed by atoms with Crippen LogP contribution >= 0.6 is 0 Å². The molecule has 2 rings (SSSR count). The molecule has 0 unspecified atom stereocenters. The minimum atomic E-state index is -0.941. The zero-order valence-electron chi connectivity index (χ0n) is 17.1. The highest BCUT2D eigenvalue weighted by Gasteiger charge is 2.19. The fourth-order valence-electron chi connectivity index (χ4n) is 2.50. The molecule has 2 aromatic carbocycles. The summed E-state index contributed by atoms with van der Waals surface area (Å²) in [5.74, 6) is -0.991. The van der Waals surface area contributed by atoms with E-state index >= 15 is 0 Å². The Hall–Kier alpha value is -3.35. The van der Waals surface area contributed by atoms with Crippen LogP contribution in [-0.2, 0) is 16.1 Å². The third kappa shape index (κ3) is 7.29. The standard InChI is InChI=1S/C22H27N3O4/c1-14(2)24-22(28)23-13-17-8-10-18(11-9-17)21(27)29-16(4)20(26)25-19-7-5-6-15(3)12-19/h5-12,14,16H,13H2,1-4H3,(H,25,26)(H2,23,24,28)/t16-/m1/s1. The van der Waals surface area contributed by atoms with Crippen LogP contribution in [-0.4, -0.2) is 30.1 Å². The van der Waals surface area contributed by atoms with Crippen LogP contribution in [0.25, 0.3) is 0 Å². The molecule has 29 heavy (non-hydrogen) atoms. The van der Waals surface area contributed by atoms with E-state index in [0.717, 1.165) is 11.1 Å². The van der Waals surface area contributed by atoms with E-state index in [1.165, 1.54) is 6.92 Å². The van der Waals surface area contributed by atoms with E-state index in [-0.39, 0.29) is 12.1 Å². The Morgan fingerprint density at radius 2 is 1.69 bits per heavy atom. The van der Waals surface area contributed by atoms with Gasteiger partial charge in [-0.05, 0) is 63.1 Å². The maximum atomic E-state index is 12.3. The van der Waals surface area contributed by atoms with Crippen molar-refractivity contribution >= 4 is 23.6 Å². The molecular weight excluding hydrogens is 370 g/mol. The first kappa shape index (κ1) is 21.9. The van der Waals surface area contributed by atoms with Gasteiger partial charge in [-0.3, -0.25) is 4.79 Å². The lowest BCUT2D eigenvalue weighted by molar-refractivity contribution is -0.123. The van der Waals surface area contributed by atoms with Crippen molar-refractivity contribution in [3.05, 3.63) is 65.2 Å². The molecule has 0 saturated heterocycles. The second kappa shape index (κ2) is 10.3. The minimum Gasteiger partial charge on any atom is -0.449 e. The van der Waals surface area contributed by atoms with E-state index in [1.807, 2.05) is 39.0 Å². The molecule has 0 aliphatic carbocycles. The van der Waals surface area contributed by atoms with Crippen molar-refractivity contribution in [3.63, 3.8) is 0 Å². The van der Waals surface area contributed by atoms with Crippen LogP contribution in [0.1, 0.15) is 42.3 Å². The van der Waals surface area contributed by atoms with Gasteiger partial charge in [0.2, 0.25) is 0 Å².